The van der Waals surface area contributed by atoms with Crippen LogP contribution in [0.25, 0.3) is 0 Å². The molecular weight excluding hydrogens is 384 g/mol. The molecule has 26 heavy (non-hydrogen) atoms. The smallest absolute Gasteiger partial charge is 0.233 e. The lowest BCUT2D eigenvalue weighted by Crippen LogP contribution is -2.32. The molecule has 1 amide bonds. The summed E-state index contributed by atoms with van der Waals surface area (Å²) in [7, 11) is 0. The van der Waals surface area contributed by atoms with Gasteiger partial charge in [-0.15, -0.1) is 11.8 Å². The molecule has 1 aliphatic rings. The molecule has 3 nitrogen and oxygen atoms in total. The molecule has 1 fully saturated rings. The molecule has 0 aliphatic carbocycles. The van der Waals surface area contributed by atoms with Crippen LogP contribution < -0.4 is 10.2 Å². The van der Waals surface area contributed by atoms with Gasteiger partial charge in [0.2, 0.25) is 5.91 Å². The fourth-order valence-corrected chi connectivity index (χ4v) is 4.84. The van der Waals surface area contributed by atoms with Crippen LogP contribution in [0, 0.1) is 0 Å². The molecule has 1 saturated heterocycles. The first-order chi connectivity index (χ1) is 12.6. The van der Waals surface area contributed by atoms with Gasteiger partial charge in [0.05, 0.1) is 10.3 Å². The number of anilines is 1. The number of amides is 1. The molecule has 1 N–H and O–H groups in total. The molecule has 1 atom stereocenters. The number of nitrogens with one attached hydrogen (secondary N) is 1. The molecule has 1 aliphatic heterocycles. The molecule has 0 saturated carbocycles. The number of thioether (sulfide) groups is 2. The van der Waals surface area contributed by atoms with Crippen molar-refractivity contribution in [1.82, 2.24) is 5.32 Å². The van der Waals surface area contributed by atoms with Gasteiger partial charge in [-0.05, 0) is 36.8 Å². The van der Waals surface area contributed by atoms with Crippen LogP contribution in [0.3, 0.4) is 0 Å². The average Bonchev–Trinajstić information content (AvgIpc) is 2.69. The van der Waals surface area contributed by atoms with E-state index in [9.17, 15) is 4.79 Å². The molecule has 3 rings (SSSR count). The summed E-state index contributed by atoms with van der Waals surface area (Å²) in [6.07, 6.45) is 0. The second-order valence-corrected chi connectivity index (χ2v) is 9.19. The Labute approximate surface area is 168 Å². The van der Waals surface area contributed by atoms with Gasteiger partial charge in [0.1, 0.15) is 0 Å². The lowest BCUT2D eigenvalue weighted by Gasteiger charge is -2.28. The molecular formula is C20H23ClN2OS2. The Morgan fingerprint density at radius 2 is 1.88 bits per heavy atom. The molecule has 0 aromatic heterocycles. The van der Waals surface area contributed by atoms with E-state index in [1.165, 1.54) is 29.0 Å². The van der Waals surface area contributed by atoms with Gasteiger partial charge in [0.15, 0.2) is 0 Å². The Morgan fingerprint density at radius 1 is 1.19 bits per heavy atom. The molecule has 1 heterocycles. The highest BCUT2D eigenvalue weighted by atomic mass is 35.5. The monoisotopic (exact) mass is 406 g/mol. The first kappa shape index (κ1) is 19.5. The van der Waals surface area contributed by atoms with Gasteiger partial charge in [0.25, 0.3) is 0 Å². The summed E-state index contributed by atoms with van der Waals surface area (Å²) < 4.78 is 0. The van der Waals surface area contributed by atoms with Crippen LogP contribution in [0.5, 0.6) is 0 Å². The van der Waals surface area contributed by atoms with Gasteiger partial charge in [0, 0.05) is 41.7 Å². The summed E-state index contributed by atoms with van der Waals surface area (Å²) in [6, 6.07) is 16.1. The molecule has 0 spiro atoms. The minimum absolute atomic E-state index is 0.0204. The zero-order valence-electron chi connectivity index (χ0n) is 14.8. The van der Waals surface area contributed by atoms with E-state index in [1.54, 1.807) is 0 Å². The maximum Gasteiger partial charge on any atom is 0.233 e. The van der Waals surface area contributed by atoms with Crippen LogP contribution in [-0.2, 0) is 11.3 Å². The third-order valence-corrected chi connectivity index (χ3v) is 6.85. The Morgan fingerprint density at radius 3 is 2.58 bits per heavy atom. The predicted octanol–water partition coefficient (Wildman–Crippen LogP) is 4.69. The van der Waals surface area contributed by atoms with Crippen molar-refractivity contribution in [2.24, 2.45) is 0 Å². The SMILES string of the molecule is CC(Sc1ccccc1Cl)C(=O)NCc1ccc(N2CCSCC2)cc1. The lowest BCUT2D eigenvalue weighted by molar-refractivity contribution is -0.120. The third kappa shape index (κ3) is 5.35. The van der Waals surface area contributed by atoms with Crippen molar-refractivity contribution in [1.29, 1.82) is 0 Å². The van der Waals surface area contributed by atoms with Crippen LogP contribution >= 0.6 is 35.1 Å². The van der Waals surface area contributed by atoms with Crippen molar-refractivity contribution in [2.45, 2.75) is 23.6 Å². The van der Waals surface area contributed by atoms with E-state index in [-0.39, 0.29) is 11.2 Å². The number of benzene rings is 2. The van der Waals surface area contributed by atoms with Crippen molar-refractivity contribution in [3.63, 3.8) is 0 Å². The first-order valence-electron chi connectivity index (χ1n) is 8.74. The minimum atomic E-state index is -0.194. The normalized spacial score (nSPS) is 15.5. The molecule has 0 radical (unpaired) electrons. The van der Waals surface area contributed by atoms with Gasteiger partial charge < -0.3 is 10.2 Å². The highest BCUT2D eigenvalue weighted by Crippen LogP contribution is 2.30. The molecule has 0 bridgehead atoms. The number of rotatable bonds is 6. The zero-order valence-corrected chi connectivity index (χ0v) is 17.2. The third-order valence-electron chi connectivity index (χ3n) is 4.29. The fourth-order valence-electron chi connectivity index (χ4n) is 2.76. The van der Waals surface area contributed by atoms with Crippen molar-refractivity contribution in [3.05, 3.63) is 59.1 Å². The summed E-state index contributed by atoms with van der Waals surface area (Å²) in [5.74, 6) is 2.41. The Hall–Kier alpha value is -1.30. The van der Waals surface area contributed by atoms with E-state index in [1.807, 2.05) is 43.0 Å². The summed E-state index contributed by atoms with van der Waals surface area (Å²) in [5, 5.41) is 3.51. The standard InChI is InChI=1S/C20H23ClN2OS2/c1-15(26-19-5-3-2-4-18(19)21)20(24)22-14-16-6-8-17(9-7-16)23-10-12-25-13-11-23/h2-9,15H,10-14H2,1H3,(H,22,24). The van der Waals surface area contributed by atoms with E-state index >= 15 is 0 Å². The number of carbonyl (C=O) groups is 1. The highest BCUT2D eigenvalue weighted by molar-refractivity contribution is 8.00. The topological polar surface area (TPSA) is 32.3 Å². The number of halogens is 1. The van der Waals surface area contributed by atoms with E-state index in [0.29, 0.717) is 11.6 Å². The Bertz CT molecular complexity index is 733. The second kappa shape index (κ2) is 9.58. The maximum atomic E-state index is 12.4. The number of hydrogen-bond acceptors (Lipinski definition) is 4. The average molecular weight is 407 g/mol. The summed E-state index contributed by atoms with van der Waals surface area (Å²) >= 11 is 9.66. The van der Waals surface area contributed by atoms with Crippen molar-refractivity contribution >= 4 is 46.7 Å². The summed E-state index contributed by atoms with van der Waals surface area (Å²) in [4.78, 5) is 15.7. The maximum absolute atomic E-state index is 12.4. The molecule has 138 valence electrons. The largest absolute Gasteiger partial charge is 0.370 e. The van der Waals surface area contributed by atoms with E-state index in [2.05, 4.69) is 34.5 Å². The van der Waals surface area contributed by atoms with Gasteiger partial charge in [-0.25, -0.2) is 0 Å². The van der Waals surface area contributed by atoms with Crippen LogP contribution in [-0.4, -0.2) is 35.8 Å². The van der Waals surface area contributed by atoms with Crippen LogP contribution in [0.15, 0.2) is 53.4 Å². The Kier molecular flexibility index (Phi) is 7.17. The van der Waals surface area contributed by atoms with Crippen LogP contribution in [0.1, 0.15) is 12.5 Å². The molecule has 2 aromatic carbocycles. The van der Waals surface area contributed by atoms with E-state index < -0.39 is 0 Å². The van der Waals surface area contributed by atoms with Gasteiger partial charge in [-0.1, -0.05) is 35.9 Å². The summed E-state index contributed by atoms with van der Waals surface area (Å²) in [5.41, 5.74) is 2.38. The molecule has 6 heteroatoms. The van der Waals surface area contributed by atoms with Gasteiger partial charge >= 0.3 is 0 Å². The first-order valence-corrected chi connectivity index (χ1v) is 11.2. The quantitative estimate of drug-likeness (QED) is 0.705. The van der Waals surface area contributed by atoms with Crippen molar-refractivity contribution < 1.29 is 4.79 Å². The zero-order chi connectivity index (χ0) is 18.4. The second-order valence-electron chi connectivity index (χ2n) is 6.17. The van der Waals surface area contributed by atoms with Crippen molar-refractivity contribution in [3.8, 4) is 0 Å². The van der Waals surface area contributed by atoms with Crippen LogP contribution in [0.2, 0.25) is 5.02 Å². The number of carbonyl (C=O) groups excluding carboxylic acids is 1. The summed E-state index contributed by atoms with van der Waals surface area (Å²) in [6.45, 7) is 4.66. The highest BCUT2D eigenvalue weighted by Gasteiger charge is 2.16. The van der Waals surface area contributed by atoms with E-state index in [0.717, 1.165) is 23.5 Å². The van der Waals surface area contributed by atoms with Gasteiger partial charge in [-0.2, -0.15) is 11.8 Å². The van der Waals surface area contributed by atoms with Crippen molar-refractivity contribution in [2.75, 3.05) is 29.5 Å². The predicted molar refractivity (Wildman–Crippen MR) is 115 cm³/mol. The molecule has 2 aromatic rings. The lowest BCUT2D eigenvalue weighted by atomic mass is 10.2. The Balaban J connectivity index is 1.50. The van der Waals surface area contributed by atoms with E-state index in [4.69, 9.17) is 11.6 Å². The fraction of sp³-hybridized carbons (Fsp3) is 0.350. The molecule has 1 unspecified atom stereocenters. The number of nitrogens with zero attached hydrogens (tertiary/aromatic N) is 1. The minimum Gasteiger partial charge on any atom is -0.370 e. The van der Waals surface area contributed by atoms with Crippen LogP contribution in [0.4, 0.5) is 5.69 Å². The number of hydrogen-bond donors (Lipinski definition) is 1. The van der Waals surface area contributed by atoms with Gasteiger partial charge in [-0.3, -0.25) is 4.79 Å².